The van der Waals surface area contributed by atoms with Gasteiger partial charge in [-0.15, -0.1) is 11.3 Å². The second-order valence-corrected chi connectivity index (χ2v) is 7.58. The average Bonchev–Trinajstić information content (AvgIpc) is 2.69. The topological polar surface area (TPSA) is 46.6 Å². The number of hydrogen-bond donors (Lipinski definition) is 0. The van der Waals surface area contributed by atoms with Crippen molar-refractivity contribution in [1.29, 1.82) is 0 Å². The first-order chi connectivity index (χ1) is 11.2. The summed E-state index contributed by atoms with van der Waals surface area (Å²) in [7, 11) is 0. The van der Waals surface area contributed by atoms with Gasteiger partial charge in [-0.3, -0.25) is 4.79 Å². The zero-order valence-electron chi connectivity index (χ0n) is 13.6. The summed E-state index contributed by atoms with van der Waals surface area (Å²) >= 11 is 1.59. The van der Waals surface area contributed by atoms with Crippen molar-refractivity contribution in [3.63, 3.8) is 0 Å². The monoisotopic (exact) mass is 335 g/mol. The van der Waals surface area contributed by atoms with E-state index in [4.69, 9.17) is 4.74 Å². The number of esters is 1. The summed E-state index contributed by atoms with van der Waals surface area (Å²) in [5.41, 5.74) is 1.34. The molecule has 0 unspecified atom stereocenters. The standard InChI is InChI=1S/C18H25NO3S/c20-17-9-5-2-6-10-19(17)11-12-22-18(21)16-13-14-7-3-1-4-8-15(14)23-16/h13H,1-12H2. The van der Waals surface area contributed by atoms with Gasteiger partial charge in [-0.2, -0.15) is 0 Å². The lowest BCUT2D eigenvalue weighted by atomic mass is 10.1. The van der Waals surface area contributed by atoms with Crippen LogP contribution in [0.15, 0.2) is 6.07 Å². The minimum absolute atomic E-state index is 0.196. The van der Waals surface area contributed by atoms with Crippen molar-refractivity contribution < 1.29 is 14.3 Å². The van der Waals surface area contributed by atoms with Crippen molar-refractivity contribution in [2.75, 3.05) is 19.7 Å². The fourth-order valence-electron chi connectivity index (χ4n) is 3.36. The number of likely N-dealkylation sites (tertiary alicyclic amines) is 1. The molecule has 1 amide bonds. The molecule has 1 saturated heterocycles. The number of thiophene rings is 1. The largest absolute Gasteiger partial charge is 0.460 e. The Morgan fingerprint density at radius 1 is 1.09 bits per heavy atom. The molecule has 2 aliphatic rings. The van der Waals surface area contributed by atoms with E-state index >= 15 is 0 Å². The van der Waals surface area contributed by atoms with Gasteiger partial charge < -0.3 is 9.64 Å². The van der Waals surface area contributed by atoms with Gasteiger partial charge in [-0.25, -0.2) is 4.79 Å². The zero-order valence-corrected chi connectivity index (χ0v) is 14.5. The van der Waals surface area contributed by atoms with E-state index in [0.717, 1.165) is 43.5 Å². The maximum Gasteiger partial charge on any atom is 0.348 e. The van der Waals surface area contributed by atoms with Crippen molar-refractivity contribution in [1.82, 2.24) is 4.90 Å². The number of ether oxygens (including phenoxy) is 1. The highest BCUT2D eigenvalue weighted by molar-refractivity contribution is 7.14. The molecule has 0 atom stereocenters. The summed E-state index contributed by atoms with van der Waals surface area (Å²) in [6, 6.07) is 2.02. The molecule has 1 aliphatic carbocycles. The van der Waals surface area contributed by atoms with Crippen LogP contribution in [0.2, 0.25) is 0 Å². The average molecular weight is 335 g/mol. The minimum Gasteiger partial charge on any atom is -0.460 e. The van der Waals surface area contributed by atoms with Gasteiger partial charge in [0.1, 0.15) is 11.5 Å². The van der Waals surface area contributed by atoms with E-state index < -0.39 is 0 Å². The lowest BCUT2D eigenvalue weighted by molar-refractivity contribution is -0.131. The predicted octanol–water partition coefficient (Wildman–Crippen LogP) is 3.58. The quantitative estimate of drug-likeness (QED) is 0.624. The Bertz CT molecular complexity index is 543. The first-order valence-corrected chi connectivity index (χ1v) is 9.62. The Morgan fingerprint density at radius 2 is 1.87 bits per heavy atom. The van der Waals surface area contributed by atoms with Crippen molar-refractivity contribution in [2.45, 2.75) is 57.8 Å². The third-order valence-corrected chi connectivity index (χ3v) is 5.93. The lowest BCUT2D eigenvalue weighted by Crippen LogP contribution is -2.33. The number of rotatable bonds is 4. The van der Waals surface area contributed by atoms with E-state index in [1.807, 2.05) is 11.0 Å². The minimum atomic E-state index is -0.231. The molecule has 1 fully saturated rings. The van der Waals surface area contributed by atoms with E-state index in [1.165, 1.54) is 29.7 Å². The van der Waals surface area contributed by atoms with Crippen molar-refractivity contribution in [3.05, 3.63) is 21.4 Å². The van der Waals surface area contributed by atoms with Gasteiger partial charge in [0.15, 0.2) is 0 Å². The van der Waals surface area contributed by atoms with E-state index in [1.54, 1.807) is 11.3 Å². The smallest absolute Gasteiger partial charge is 0.348 e. The maximum atomic E-state index is 12.2. The predicted molar refractivity (Wildman–Crippen MR) is 90.9 cm³/mol. The lowest BCUT2D eigenvalue weighted by Gasteiger charge is -2.19. The van der Waals surface area contributed by atoms with Crippen LogP contribution < -0.4 is 0 Å². The molecule has 4 nitrogen and oxygen atoms in total. The zero-order chi connectivity index (χ0) is 16.1. The highest BCUT2D eigenvalue weighted by Gasteiger charge is 2.19. The van der Waals surface area contributed by atoms with E-state index in [0.29, 0.717) is 19.6 Å². The fraction of sp³-hybridized carbons (Fsp3) is 0.667. The van der Waals surface area contributed by atoms with Crippen LogP contribution in [0.25, 0.3) is 0 Å². The molecule has 126 valence electrons. The molecule has 0 saturated carbocycles. The molecular formula is C18H25NO3S. The van der Waals surface area contributed by atoms with Crippen LogP contribution in [0.4, 0.5) is 0 Å². The van der Waals surface area contributed by atoms with Gasteiger partial charge in [0.25, 0.3) is 0 Å². The molecule has 5 heteroatoms. The highest BCUT2D eigenvalue weighted by Crippen LogP contribution is 2.29. The summed E-state index contributed by atoms with van der Waals surface area (Å²) in [6.07, 6.45) is 9.68. The number of fused-ring (bicyclic) bond motifs is 1. The summed E-state index contributed by atoms with van der Waals surface area (Å²) in [4.78, 5) is 28.1. The molecule has 1 aromatic rings. The summed E-state index contributed by atoms with van der Waals surface area (Å²) in [5, 5.41) is 0. The number of aryl methyl sites for hydroxylation is 2. The normalized spacial score (nSPS) is 19.0. The first kappa shape index (κ1) is 16.5. The number of carbonyl (C=O) groups is 2. The van der Waals surface area contributed by atoms with Crippen LogP contribution >= 0.6 is 11.3 Å². The molecule has 0 radical (unpaired) electrons. The molecule has 2 heterocycles. The number of carbonyl (C=O) groups excluding carboxylic acids is 2. The highest BCUT2D eigenvalue weighted by atomic mass is 32.1. The molecule has 0 N–H and O–H groups in total. The Morgan fingerprint density at radius 3 is 2.78 bits per heavy atom. The molecule has 23 heavy (non-hydrogen) atoms. The molecule has 0 spiro atoms. The Balaban J connectivity index is 1.50. The molecule has 1 aromatic heterocycles. The fourth-order valence-corrected chi connectivity index (χ4v) is 4.51. The third kappa shape index (κ3) is 4.34. The van der Waals surface area contributed by atoms with Crippen LogP contribution in [0.5, 0.6) is 0 Å². The van der Waals surface area contributed by atoms with E-state index in [2.05, 4.69) is 0 Å². The van der Waals surface area contributed by atoms with Gasteiger partial charge in [0.2, 0.25) is 5.91 Å². The Hall–Kier alpha value is -1.36. The van der Waals surface area contributed by atoms with Crippen molar-refractivity contribution >= 4 is 23.2 Å². The number of amides is 1. The van der Waals surface area contributed by atoms with Crippen LogP contribution in [0.3, 0.4) is 0 Å². The summed E-state index contributed by atoms with van der Waals surface area (Å²) < 4.78 is 5.41. The van der Waals surface area contributed by atoms with Crippen LogP contribution in [-0.4, -0.2) is 36.5 Å². The van der Waals surface area contributed by atoms with Crippen molar-refractivity contribution in [2.24, 2.45) is 0 Å². The van der Waals surface area contributed by atoms with E-state index in [9.17, 15) is 9.59 Å². The van der Waals surface area contributed by atoms with Gasteiger partial charge in [-0.1, -0.05) is 12.8 Å². The summed E-state index contributed by atoms with van der Waals surface area (Å²) in [6.45, 7) is 1.62. The van der Waals surface area contributed by atoms with Crippen LogP contribution in [0, 0.1) is 0 Å². The molecule has 3 rings (SSSR count). The SMILES string of the molecule is O=C(OCCN1CCCCCC1=O)c1cc2c(s1)CCCCC2. The molecular weight excluding hydrogens is 310 g/mol. The molecule has 0 bridgehead atoms. The maximum absolute atomic E-state index is 12.2. The second kappa shape index (κ2) is 7.95. The molecule has 0 aromatic carbocycles. The van der Waals surface area contributed by atoms with Crippen molar-refractivity contribution in [3.8, 4) is 0 Å². The molecule has 1 aliphatic heterocycles. The van der Waals surface area contributed by atoms with Gasteiger partial charge >= 0.3 is 5.97 Å². The Kier molecular flexibility index (Phi) is 5.70. The van der Waals surface area contributed by atoms with Gasteiger partial charge in [0.05, 0.1) is 6.54 Å². The number of nitrogens with zero attached hydrogens (tertiary/aromatic N) is 1. The van der Waals surface area contributed by atoms with E-state index in [-0.39, 0.29) is 11.9 Å². The third-order valence-electron chi connectivity index (χ3n) is 4.71. The summed E-state index contributed by atoms with van der Waals surface area (Å²) in [5.74, 6) is -0.0354. The van der Waals surface area contributed by atoms with Gasteiger partial charge in [0, 0.05) is 17.8 Å². The first-order valence-electron chi connectivity index (χ1n) is 8.80. The van der Waals surface area contributed by atoms with Crippen LogP contribution in [0.1, 0.15) is 65.1 Å². The Labute approximate surface area is 141 Å². The van der Waals surface area contributed by atoms with Gasteiger partial charge in [-0.05, 0) is 50.2 Å². The number of hydrogen-bond acceptors (Lipinski definition) is 4. The van der Waals surface area contributed by atoms with Crippen LogP contribution in [-0.2, 0) is 22.4 Å². The second-order valence-electron chi connectivity index (χ2n) is 6.45.